The van der Waals surface area contributed by atoms with Gasteiger partial charge in [0, 0.05) is 6.42 Å². The molecular weight excluding hydrogens is 264 g/mol. The van der Waals surface area contributed by atoms with E-state index in [1.165, 1.54) is 0 Å². The number of nitrogens with one attached hydrogen (secondary N) is 1. The number of carboxylic acids is 2. The second-order valence-corrected chi connectivity index (χ2v) is 4.30. The number of amides is 1. The maximum absolute atomic E-state index is 11.5. The van der Waals surface area contributed by atoms with Crippen molar-refractivity contribution in [2.75, 3.05) is 0 Å². The van der Waals surface area contributed by atoms with Gasteiger partial charge in [-0.3, -0.25) is 9.59 Å². The molecule has 1 rings (SSSR count). The topological polar surface area (TPSA) is 130 Å². The number of aliphatic carboxylic acids is 2. The summed E-state index contributed by atoms with van der Waals surface area (Å²) in [6.07, 6.45) is -0.349. The number of hydrogen-bond donors (Lipinski definition) is 4. The van der Waals surface area contributed by atoms with Gasteiger partial charge in [0.25, 0.3) is 0 Å². The molecule has 1 amide bonds. The monoisotopic (exact) mass is 280 g/mol. The Kier molecular flexibility index (Phi) is 5.67. The highest BCUT2D eigenvalue weighted by molar-refractivity contribution is 5.87. The van der Waals surface area contributed by atoms with Crippen LogP contribution in [-0.4, -0.2) is 40.1 Å². The van der Waals surface area contributed by atoms with Crippen LogP contribution in [-0.2, 0) is 20.8 Å². The first-order valence-corrected chi connectivity index (χ1v) is 5.94. The van der Waals surface area contributed by atoms with Crippen LogP contribution in [0.3, 0.4) is 0 Å². The molecule has 0 bridgehead atoms. The van der Waals surface area contributed by atoms with Crippen molar-refractivity contribution >= 4 is 17.8 Å². The van der Waals surface area contributed by atoms with Crippen molar-refractivity contribution in [3.8, 4) is 0 Å². The van der Waals surface area contributed by atoms with Gasteiger partial charge < -0.3 is 21.3 Å². The first kappa shape index (κ1) is 15.6. The van der Waals surface area contributed by atoms with E-state index in [2.05, 4.69) is 5.32 Å². The minimum atomic E-state index is -1.35. The maximum Gasteiger partial charge on any atom is 0.326 e. The second-order valence-electron chi connectivity index (χ2n) is 4.30. The van der Waals surface area contributed by atoms with Gasteiger partial charge in [-0.2, -0.15) is 0 Å². The average Bonchev–Trinajstić information content (AvgIpc) is 2.38. The zero-order valence-corrected chi connectivity index (χ0v) is 10.7. The van der Waals surface area contributed by atoms with Gasteiger partial charge >= 0.3 is 11.9 Å². The van der Waals surface area contributed by atoms with E-state index >= 15 is 0 Å². The van der Waals surface area contributed by atoms with Crippen LogP contribution in [0.2, 0.25) is 0 Å². The zero-order chi connectivity index (χ0) is 15.1. The van der Waals surface area contributed by atoms with Crippen LogP contribution in [0.4, 0.5) is 0 Å². The SMILES string of the molecule is N[C@H](CC(=O)N[C@@H](Cc1ccccc1)C(=O)O)C(=O)O. The number of carbonyl (C=O) groups excluding carboxylic acids is 1. The lowest BCUT2D eigenvalue weighted by Crippen LogP contribution is -2.45. The molecule has 0 aromatic heterocycles. The second kappa shape index (κ2) is 7.25. The van der Waals surface area contributed by atoms with Crippen LogP contribution in [0.25, 0.3) is 0 Å². The van der Waals surface area contributed by atoms with E-state index < -0.39 is 36.4 Å². The molecule has 0 unspecified atom stereocenters. The van der Waals surface area contributed by atoms with E-state index in [4.69, 9.17) is 15.9 Å². The molecule has 0 aliphatic carbocycles. The third kappa shape index (κ3) is 5.07. The van der Waals surface area contributed by atoms with E-state index in [0.717, 1.165) is 5.56 Å². The smallest absolute Gasteiger partial charge is 0.326 e. The van der Waals surface area contributed by atoms with Gasteiger partial charge in [0.15, 0.2) is 0 Å². The van der Waals surface area contributed by atoms with Crippen LogP contribution < -0.4 is 11.1 Å². The van der Waals surface area contributed by atoms with Crippen molar-refractivity contribution in [2.45, 2.75) is 24.9 Å². The number of hydrogen-bond acceptors (Lipinski definition) is 4. The zero-order valence-electron chi connectivity index (χ0n) is 10.7. The van der Waals surface area contributed by atoms with Gasteiger partial charge in [-0.1, -0.05) is 30.3 Å². The molecule has 108 valence electrons. The van der Waals surface area contributed by atoms with Crippen LogP contribution in [0.15, 0.2) is 30.3 Å². The standard InChI is InChI=1S/C13H16N2O5/c14-9(12(17)18)7-11(16)15-10(13(19)20)6-8-4-2-1-3-5-8/h1-5,9-10H,6-7,14H2,(H,15,16)(H,17,18)(H,19,20)/t9-,10+/m1/s1. The van der Waals surface area contributed by atoms with Crippen LogP contribution in [0, 0.1) is 0 Å². The van der Waals surface area contributed by atoms with Crippen LogP contribution >= 0.6 is 0 Å². The molecular formula is C13H16N2O5. The molecule has 1 aromatic carbocycles. The summed E-state index contributed by atoms with van der Waals surface area (Å²) in [5.74, 6) is -3.20. The molecule has 5 N–H and O–H groups in total. The van der Waals surface area contributed by atoms with E-state index in [1.807, 2.05) is 0 Å². The Labute approximate surface area is 115 Å². The van der Waals surface area contributed by atoms with Gasteiger partial charge in [0.05, 0.1) is 6.42 Å². The highest BCUT2D eigenvalue weighted by atomic mass is 16.4. The number of benzene rings is 1. The Morgan fingerprint density at radius 3 is 2.20 bits per heavy atom. The van der Waals surface area contributed by atoms with Crippen molar-refractivity contribution in [2.24, 2.45) is 5.73 Å². The summed E-state index contributed by atoms with van der Waals surface area (Å²) >= 11 is 0. The van der Waals surface area contributed by atoms with Crippen molar-refractivity contribution in [3.63, 3.8) is 0 Å². The van der Waals surface area contributed by atoms with E-state index in [9.17, 15) is 14.4 Å². The summed E-state index contributed by atoms with van der Waals surface area (Å²) in [6, 6.07) is 6.33. The van der Waals surface area contributed by atoms with Gasteiger partial charge in [0.2, 0.25) is 5.91 Å². The van der Waals surface area contributed by atoms with E-state index in [0.29, 0.717) is 0 Å². The number of carbonyl (C=O) groups is 3. The summed E-state index contributed by atoms with van der Waals surface area (Å²) in [5.41, 5.74) is 5.97. The Morgan fingerprint density at radius 1 is 1.10 bits per heavy atom. The fraction of sp³-hybridized carbons (Fsp3) is 0.308. The lowest BCUT2D eigenvalue weighted by Gasteiger charge is -2.15. The largest absolute Gasteiger partial charge is 0.480 e. The minimum Gasteiger partial charge on any atom is -0.480 e. The van der Waals surface area contributed by atoms with Crippen molar-refractivity contribution in [1.82, 2.24) is 5.32 Å². The lowest BCUT2D eigenvalue weighted by atomic mass is 10.1. The molecule has 2 atom stereocenters. The predicted octanol–water partition coefficient (Wildman–Crippen LogP) is -0.399. The summed E-state index contributed by atoms with van der Waals surface area (Å²) in [4.78, 5) is 33.2. The lowest BCUT2D eigenvalue weighted by molar-refractivity contribution is -0.142. The minimum absolute atomic E-state index is 0.115. The fourth-order valence-electron chi connectivity index (χ4n) is 1.59. The molecule has 0 fully saturated rings. The van der Waals surface area contributed by atoms with Gasteiger partial charge in [0.1, 0.15) is 12.1 Å². The first-order valence-electron chi connectivity index (χ1n) is 5.94. The Hall–Kier alpha value is -2.41. The third-order valence-electron chi connectivity index (χ3n) is 2.64. The molecule has 0 spiro atoms. The Balaban J connectivity index is 2.62. The molecule has 0 aliphatic heterocycles. The molecule has 1 aromatic rings. The third-order valence-corrected chi connectivity index (χ3v) is 2.64. The van der Waals surface area contributed by atoms with Gasteiger partial charge in [-0.15, -0.1) is 0 Å². The number of carboxylic acid groups (broad SMARTS) is 2. The first-order chi connectivity index (χ1) is 9.40. The number of rotatable bonds is 7. The summed E-state index contributed by atoms with van der Waals surface area (Å²) in [7, 11) is 0. The molecule has 0 aliphatic rings. The highest BCUT2D eigenvalue weighted by Crippen LogP contribution is 2.04. The van der Waals surface area contributed by atoms with Crippen LogP contribution in [0.5, 0.6) is 0 Å². The summed E-state index contributed by atoms with van der Waals surface area (Å²) < 4.78 is 0. The van der Waals surface area contributed by atoms with E-state index in [-0.39, 0.29) is 6.42 Å². The normalized spacial score (nSPS) is 13.2. The average molecular weight is 280 g/mol. The molecule has 7 heteroatoms. The molecule has 0 heterocycles. The summed E-state index contributed by atoms with van der Waals surface area (Å²) in [5, 5.41) is 19.9. The summed E-state index contributed by atoms with van der Waals surface area (Å²) in [6.45, 7) is 0. The van der Waals surface area contributed by atoms with Gasteiger partial charge in [-0.05, 0) is 5.56 Å². The van der Waals surface area contributed by atoms with Gasteiger partial charge in [-0.25, -0.2) is 4.79 Å². The van der Waals surface area contributed by atoms with Crippen molar-refractivity contribution < 1.29 is 24.6 Å². The van der Waals surface area contributed by atoms with Crippen LogP contribution in [0.1, 0.15) is 12.0 Å². The van der Waals surface area contributed by atoms with Crippen molar-refractivity contribution in [1.29, 1.82) is 0 Å². The van der Waals surface area contributed by atoms with Crippen molar-refractivity contribution in [3.05, 3.63) is 35.9 Å². The molecule has 0 saturated carbocycles. The maximum atomic E-state index is 11.5. The number of nitrogens with two attached hydrogens (primary N) is 1. The quantitative estimate of drug-likeness (QED) is 0.537. The molecule has 0 saturated heterocycles. The fourth-order valence-corrected chi connectivity index (χ4v) is 1.59. The Bertz CT molecular complexity index is 489. The Morgan fingerprint density at radius 2 is 1.70 bits per heavy atom. The predicted molar refractivity (Wildman–Crippen MR) is 69.9 cm³/mol. The molecule has 7 nitrogen and oxygen atoms in total. The highest BCUT2D eigenvalue weighted by Gasteiger charge is 2.23. The molecule has 20 heavy (non-hydrogen) atoms. The van der Waals surface area contributed by atoms with E-state index in [1.54, 1.807) is 30.3 Å². The molecule has 0 radical (unpaired) electrons.